The van der Waals surface area contributed by atoms with E-state index in [9.17, 15) is 13.2 Å². The highest BCUT2D eigenvalue weighted by atomic mass is 32.2. The van der Waals surface area contributed by atoms with Gasteiger partial charge < -0.3 is 10.1 Å². The molecule has 0 aliphatic carbocycles. The van der Waals surface area contributed by atoms with Crippen molar-refractivity contribution in [1.82, 2.24) is 9.21 Å². The van der Waals surface area contributed by atoms with Crippen LogP contribution in [0.5, 0.6) is 5.75 Å². The molecule has 0 unspecified atom stereocenters. The maximum atomic E-state index is 12.5. The first-order valence-electron chi connectivity index (χ1n) is 9.44. The summed E-state index contributed by atoms with van der Waals surface area (Å²) in [5, 5.41) is 2.78. The van der Waals surface area contributed by atoms with Crippen molar-refractivity contribution >= 4 is 21.6 Å². The molecule has 1 amide bonds. The Morgan fingerprint density at radius 1 is 1.03 bits per heavy atom. The van der Waals surface area contributed by atoms with E-state index in [0.717, 1.165) is 5.75 Å². The van der Waals surface area contributed by atoms with Gasteiger partial charge >= 0.3 is 0 Å². The second kappa shape index (κ2) is 10.4. The first-order valence-corrected chi connectivity index (χ1v) is 10.9. The van der Waals surface area contributed by atoms with Crippen LogP contribution in [0.25, 0.3) is 0 Å². The van der Waals surface area contributed by atoms with Gasteiger partial charge in [0.25, 0.3) is 0 Å². The molecular weight excluding hydrogens is 390 g/mol. The van der Waals surface area contributed by atoms with Gasteiger partial charge in [-0.05, 0) is 57.3 Å². The number of hydrogen-bond acceptors (Lipinski definition) is 5. The Labute approximate surface area is 173 Å². The van der Waals surface area contributed by atoms with Gasteiger partial charge in [-0.15, -0.1) is 0 Å². The zero-order valence-electron chi connectivity index (χ0n) is 17.3. The van der Waals surface area contributed by atoms with Crippen molar-refractivity contribution in [3.8, 4) is 5.75 Å². The number of likely N-dealkylation sites (N-methyl/N-ethyl adjacent to an activating group) is 1. The topological polar surface area (TPSA) is 79.0 Å². The number of nitrogens with zero attached hydrogens (tertiary/aromatic N) is 2. The Balaban J connectivity index is 1.82. The molecule has 0 aliphatic heterocycles. The molecule has 0 atom stereocenters. The highest BCUT2D eigenvalue weighted by molar-refractivity contribution is 7.89. The van der Waals surface area contributed by atoms with Gasteiger partial charge in [0.15, 0.2) is 0 Å². The number of hydrogen-bond donors (Lipinski definition) is 1. The van der Waals surface area contributed by atoms with Crippen LogP contribution in [0.3, 0.4) is 0 Å². The smallest absolute Gasteiger partial charge is 0.243 e. The number of para-hydroxylation sites is 1. The summed E-state index contributed by atoms with van der Waals surface area (Å²) in [4.78, 5) is 14.3. The third kappa shape index (κ3) is 6.85. The van der Waals surface area contributed by atoms with Gasteiger partial charge in [0.05, 0.1) is 11.4 Å². The SMILES string of the molecule is CC(C)N(C)S(=O)(=O)c1ccc(NC(=O)CN(C)CCOc2ccccc2)cc1. The molecule has 0 aliphatic rings. The average Bonchev–Trinajstić information content (AvgIpc) is 2.68. The molecule has 0 saturated heterocycles. The zero-order chi connectivity index (χ0) is 21.4. The third-order valence-electron chi connectivity index (χ3n) is 4.44. The van der Waals surface area contributed by atoms with Gasteiger partial charge in [-0.25, -0.2) is 8.42 Å². The molecular formula is C21H29N3O4S. The Morgan fingerprint density at radius 2 is 1.66 bits per heavy atom. The van der Waals surface area contributed by atoms with Crippen LogP contribution in [0.1, 0.15) is 13.8 Å². The molecule has 0 heterocycles. The number of anilines is 1. The Hall–Kier alpha value is -2.42. The fraction of sp³-hybridized carbons (Fsp3) is 0.381. The summed E-state index contributed by atoms with van der Waals surface area (Å²) >= 11 is 0. The number of benzene rings is 2. The molecule has 2 rings (SSSR count). The molecule has 0 saturated carbocycles. The quantitative estimate of drug-likeness (QED) is 0.641. The van der Waals surface area contributed by atoms with Crippen LogP contribution in [0.4, 0.5) is 5.69 Å². The molecule has 2 aromatic carbocycles. The van der Waals surface area contributed by atoms with Crippen molar-refractivity contribution in [3.05, 3.63) is 54.6 Å². The largest absolute Gasteiger partial charge is 0.492 e. The van der Waals surface area contributed by atoms with Gasteiger partial charge in [0, 0.05) is 25.3 Å². The first kappa shape index (κ1) is 22.9. The summed E-state index contributed by atoms with van der Waals surface area (Å²) in [6.45, 7) is 4.90. The second-order valence-corrected chi connectivity index (χ2v) is 9.08. The van der Waals surface area contributed by atoms with Crippen LogP contribution >= 0.6 is 0 Å². The Kier molecular flexibility index (Phi) is 8.19. The molecule has 2 aromatic rings. The van der Waals surface area contributed by atoms with Crippen LogP contribution in [-0.2, 0) is 14.8 Å². The predicted molar refractivity (Wildman–Crippen MR) is 115 cm³/mol. The van der Waals surface area contributed by atoms with Crippen molar-refractivity contribution in [2.24, 2.45) is 0 Å². The van der Waals surface area contributed by atoms with Gasteiger partial charge in [-0.2, -0.15) is 4.31 Å². The van der Waals surface area contributed by atoms with Crippen molar-refractivity contribution in [3.63, 3.8) is 0 Å². The van der Waals surface area contributed by atoms with Crippen LogP contribution < -0.4 is 10.1 Å². The van der Waals surface area contributed by atoms with Crippen molar-refractivity contribution in [1.29, 1.82) is 0 Å². The highest BCUT2D eigenvalue weighted by Crippen LogP contribution is 2.19. The molecule has 158 valence electrons. The highest BCUT2D eigenvalue weighted by Gasteiger charge is 2.22. The van der Waals surface area contributed by atoms with Crippen molar-refractivity contribution in [2.45, 2.75) is 24.8 Å². The summed E-state index contributed by atoms with van der Waals surface area (Å²) in [5.74, 6) is 0.616. The number of sulfonamides is 1. The minimum Gasteiger partial charge on any atom is -0.492 e. The fourth-order valence-corrected chi connectivity index (χ4v) is 3.88. The first-order chi connectivity index (χ1) is 13.7. The van der Waals surface area contributed by atoms with E-state index in [1.807, 2.05) is 56.1 Å². The standard InChI is InChI=1S/C21H29N3O4S/c1-17(2)24(4)29(26,27)20-12-10-18(11-13-20)22-21(25)16-23(3)14-15-28-19-8-6-5-7-9-19/h5-13,17H,14-16H2,1-4H3,(H,22,25). The maximum Gasteiger partial charge on any atom is 0.243 e. The van der Waals surface area contributed by atoms with Crippen LogP contribution in [0.15, 0.2) is 59.5 Å². The number of nitrogens with one attached hydrogen (secondary N) is 1. The summed E-state index contributed by atoms with van der Waals surface area (Å²) in [6.07, 6.45) is 0. The molecule has 0 spiro atoms. The van der Waals surface area contributed by atoms with E-state index in [1.165, 1.54) is 16.4 Å². The molecule has 0 bridgehead atoms. The molecule has 1 N–H and O–H groups in total. The molecule has 0 fully saturated rings. The summed E-state index contributed by atoms with van der Waals surface area (Å²) < 4.78 is 31.9. The van der Waals surface area contributed by atoms with E-state index >= 15 is 0 Å². The van der Waals surface area contributed by atoms with E-state index in [2.05, 4.69) is 5.32 Å². The lowest BCUT2D eigenvalue weighted by atomic mass is 10.3. The number of carbonyl (C=O) groups is 1. The van der Waals surface area contributed by atoms with E-state index in [4.69, 9.17) is 4.74 Å². The molecule has 8 heteroatoms. The monoisotopic (exact) mass is 419 g/mol. The lowest BCUT2D eigenvalue weighted by Crippen LogP contribution is -2.33. The molecule has 0 aromatic heterocycles. The number of rotatable bonds is 10. The minimum absolute atomic E-state index is 0.138. The average molecular weight is 420 g/mol. The molecule has 7 nitrogen and oxygen atoms in total. The van der Waals surface area contributed by atoms with Crippen molar-refractivity contribution in [2.75, 3.05) is 39.1 Å². The maximum absolute atomic E-state index is 12.5. The van der Waals surface area contributed by atoms with Gasteiger partial charge in [-0.3, -0.25) is 9.69 Å². The molecule has 29 heavy (non-hydrogen) atoms. The third-order valence-corrected chi connectivity index (χ3v) is 6.49. The Morgan fingerprint density at radius 3 is 2.24 bits per heavy atom. The predicted octanol–water partition coefficient (Wildman–Crippen LogP) is 2.66. The van der Waals surface area contributed by atoms with Crippen LogP contribution in [-0.4, -0.2) is 63.4 Å². The normalized spacial score (nSPS) is 11.8. The number of ether oxygens (including phenoxy) is 1. The number of carbonyl (C=O) groups excluding carboxylic acids is 1. The molecule has 0 radical (unpaired) electrons. The lowest BCUT2D eigenvalue weighted by molar-refractivity contribution is -0.117. The van der Waals surface area contributed by atoms with Crippen LogP contribution in [0.2, 0.25) is 0 Å². The van der Waals surface area contributed by atoms with Gasteiger partial charge in [-0.1, -0.05) is 18.2 Å². The van der Waals surface area contributed by atoms with E-state index < -0.39 is 10.0 Å². The lowest BCUT2D eigenvalue weighted by Gasteiger charge is -2.21. The summed E-state index contributed by atoms with van der Waals surface area (Å²) in [7, 11) is -0.150. The van der Waals surface area contributed by atoms with Gasteiger partial charge in [0.2, 0.25) is 15.9 Å². The summed E-state index contributed by atoms with van der Waals surface area (Å²) in [5.41, 5.74) is 0.551. The van der Waals surface area contributed by atoms with Crippen LogP contribution in [0, 0.1) is 0 Å². The number of amides is 1. The van der Waals surface area contributed by atoms with E-state index in [-0.39, 0.29) is 23.4 Å². The van der Waals surface area contributed by atoms with E-state index in [1.54, 1.807) is 19.2 Å². The Bertz CT molecular complexity index is 884. The fourth-order valence-electron chi connectivity index (χ4n) is 2.51. The second-order valence-electron chi connectivity index (χ2n) is 7.09. The van der Waals surface area contributed by atoms with Crippen molar-refractivity contribution < 1.29 is 17.9 Å². The summed E-state index contributed by atoms with van der Waals surface area (Å²) in [6, 6.07) is 15.6. The minimum atomic E-state index is -3.54. The zero-order valence-corrected chi connectivity index (χ0v) is 18.1. The van der Waals surface area contributed by atoms with Gasteiger partial charge in [0.1, 0.15) is 12.4 Å². The van der Waals surface area contributed by atoms with E-state index in [0.29, 0.717) is 18.8 Å².